The van der Waals surface area contributed by atoms with Crippen LogP contribution in [0.5, 0.6) is 0 Å². The first-order chi connectivity index (χ1) is 22.8. The van der Waals surface area contributed by atoms with E-state index in [1.54, 1.807) is 0 Å². The van der Waals surface area contributed by atoms with E-state index in [1.165, 1.54) is 59.6 Å². The third-order valence-electron chi connectivity index (χ3n) is 9.69. The van der Waals surface area contributed by atoms with Gasteiger partial charge in [0.05, 0.1) is 33.3 Å². The fourth-order valence-corrected chi connectivity index (χ4v) is 7.85. The zero-order valence-electron chi connectivity index (χ0n) is 24.5. The third-order valence-corrected chi connectivity index (χ3v) is 9.69. The van der Waals surface area contributed by atoms with Crippen molar-refractivity contribution in [1.29, 1.82) is 0 Å². The second-order valence-corrected chi connectivity index (χ2v) is 12.0. The molecular formula is C41H23N5. The molecule has 0 spiro atoms. The van der Waals surface area contributed by atoms with E-state index in [2.05, 4.69) is 130 Å². The van der Waals surface area contributed by atoms with E-state index in [-0.39, 0.29) is 0 Å². The number of benzene rings is 6. The van der Waals surface area contributed by atoms with Gasteiger partial charge in [-0.2, -0.15) is 4.98 Å². The second kappa shape index (κ2) is 8.65. The van der Waals surface area contributed by atoms with Crippen molar-refractivity contribution in [2.45, 2.75) is 0 Å². The van der Waals surface area contributed by atoms with E-state index in [0.29, 0.717) is 11.6 Å². The molecule has 46 heavy (non-hydrogen) atoms. The highest BCUT2D eigenvalue weighted by molar-refractivity contribution is 6.36. The van der Waals surface area contributed by atoms with Crippen LogP contribution >= 0.6 is 0 Å². The van der Waals surface area contributed by atoms with Crippen molar-refractivity contribution in [3.8, 4) is 17.2 Å². The van der Waals surface area contributed by atoms with E-state index < -0.39 is 0 Å². The molecule has 212 valence electrons. The molecule has 5 aromatic heterocycles. The average molecular weight is 586 g/mol. The molecule has 0 amide bonds. The van der Waals surface area contributed by atoms with Gasteiger partial charge in [-0.25, -0.2) is 9.97 Å². The van der Waals surface area contributed by atoms with Gasteiger partial charge in [-0.15, -0.1) is 0 Å². The average Bonchev–Trinajstić information content (AvgIpc) is 3.76. The molecule has 11 rings (SSSR count). The topological polar surface area (TPSA) is 48.0 Å². The van der Waals surface area contributed by atoms with Crippen molar-refractivity contribution in [2.24, 2.45) is 0 Å². The van der Waals surface area contributed by atoms with Crippen molar-refractivity contribution >= 4 is 81.7 Å². The van der Waals surface area contributed by atoms with Crippen molar-refractivity contribution in [3.63, 3.8) is 0 Å². The lowest BCUT2D eigenvalue weighted by atomic mass is 10.0. The molecular weight excluding hydrogens is 562 g/mol. The van der Waals surface area contributed by atoms with Crippen LogP contribution in [0.25, 0.3) is 98.9 Å². The Morgan fingerprint density at radius 2 is 1.17 bits per heavy atom. The van der Waals surface area contributed by atoms with Gasteiger partial charge in [-0.05, 0) is 47.2 Å². The highest BCUT2D eigenvalue weighted by Crippen LogP contribution is 2.47. The number of rotatable bonds is 2. The molecule has 5 nitrogen and oxygen atoms in total. The predicted molar refractivity (Wildman–Crippen MR) is 189 cm³/mol. The molecule has 6 aromatic carbocycles. The minimum atomic E-state index is 0.614. The highest BCUT2D eigenvalue weighted by Gasteiger charge is 2.26. The summed E-state index contributed by atoms with van der Waals surface area (Å²) in [6.45, 7) is 0. The summed E-state index contributed by atoms with van der Waals surface area (Å²) >= 11 is 0. The van der Waals surface area contributed by atoms with Crippen LogP contribution in [0.1, 0.15) is 0 Å². The number of nitrogens with zero attached hydrogens (tertiary/aromatic N) is 5. The van der Waals surface area contributed by atoms with Crippen molar-refractivity contribution in [2.75, 3.05) is 0 Å². The molecule has 0 unspecified atom stereocenters. The predicted octanol–water partition coefficient (Wildman–Crippen LogP) is 10.1. The minimum Gasteiger partial charge on any atom is -0.308 e. The molecule has 0 atom stereocenters. The number of fused-ring (bicyclic) bond motifs is 13. The largest absolute Gasteiger partial charge is 0.308 e. The van der Waals surface area contributed by atoms with Crippen molar-refractivity contribution in [1.82, 2.24) is 23.9 Å². The van der Waals surface area contributed by atoms with Crippen LogP contribution in [0.15, 0.2) is 140 Å². The Labute approximate surface area is 261 Å². The lowest BCUT2D eigenvalue weighted by molar-refractivity contribution is 1.01. The van der Waals surface area contributed by atoms with Crippen LogP contribution < -0.4 is 0 Å². The lowest BCUT2D eigenvalue weighted by Crippen LogP contribution is -2.04. The van der Waals surface area contributed by atoms with E-state index in [9.17, 15) is 0 Å². The van der Waals surface area contributed by atoms with Gasteiger partial charge in [-0.3, -0.25) is 4.57 Å². The molecule has 0 aliphatic carbocycles. The van der Waals surface area contributed by atoms with Gasteiger partial charge in [0, 0.05) is 49.5 Å². The summed E-state index contributed by atoms with van der Waals surface area (Å²) in [5.74, 6) is 0.614. The van der Waals surface area contributed by atoms with Crippen molar-refractivity contribution in [3.05, 3.63) is 140 Å². The number of hydrogen-bond donors (Lipinski definition) is 0. The standard InChI is InChI=1S/C41H23N5/c1-2-12-25(13-3-1)37-29-17-10-22-42-40(29)44-41(43-37)46-34-21-20-24-11-4-5-14-26(24)35(34)31-23-30-27-15-6-8-18-32(27)45-33-19-9-7-16-28(33)36(38(30)45)39(31)46/h1-23H. The molecule has 5 heterocycles. The third kappa shape index (κ3) is 2.97. The van der Waals surface area contributed by atoms with Gasteiger partial charge < -0.3 is 4.40 Å². The smallest absolute Gasteiger partial charge is 0.237 e. The zero-order valence-corrected chi connectivity index (χ0v) is 24.5. The van der Waals surface area contributed by atoms with Gasteiger partial charge in [0.2, 0.25) is 5.95 Å². The lowest BCUT2D eigenvalue weighted by Gasteiger charge is -2.12. The molecule has 0 aliphatic rings. The Hall–Kier alpha value is -6.33. The Kier molecular flexibility index (Phi) is 4.52. The van der Waals surface area contributed by atoms with E-state index in [4.69, 9.17) is 15.0 Å². The molecule has 0 N–H and O–H groups in total. The van der Waals surface area contributed by atoms with E-state index in [0.717, 1.165) is 27.7 Å². The molecule has 0 saturated carbocycles. The van der Waals surface area contributed by atoms with E-state index >= 15 is 0 Å². The number of aromatic nitrogens is 5. The highest BCUT2D eigenvalue weighted by atomic mass is 15.2. The molecule has 5 heteroatoms. The van der Waals surface area contributed by atoms with Crippen LogP contribution in [0.3, 0.4) is 0 Å². The van der Waals surface area contributed by atoms with E-state index in [1.807, 2.05) is 18.3 Å². The molecule has 0 aliphatic heterocycles. The Morgan fingerprint density at radius 3 is 2.04 bits per heavy atom. The fourth-order valence-electron chi connectivity index (χ4n) is 7.85. The number of hydrogen-bond acceptors (Lipinski definition) is 3. The monoisotopic (exact) mass is 585 g/mol. The normalized spacial score (nSPS) is 12.3. The fraction of sp³-hybridized carbons (Fsp3) is 0. The summed E-state index contributed by atoms with van der Waals surface area (Å²) < 4.78 is 4.73. The van der Waals surface area contributed by atoms with Gasteiger partial charge in [0.1, 0.15) is 0 Å². The van der Waals surface area contributed by atoms with Gasteiger partial charge in [0.25, 0.3) is 0 Å². The molecule has 0 radical (unpaired) electrons. The first-order valence-electron chi connectivity index (χ1n) is 15.6. The van der Waals surface area contributed by atoms with Gasteiger partial charge in [-0.1, -0.05) is 97.1 Å². The summed E-state index contributed by atoms with van der Waals surface area (Å²) in [5, 5.41) is 10.7. The maximum Gasteiger partial charge on any atom is 0.237 e. The SMILES string of the molecule is c1ccc(-c2nc(-n3c4ccc5ccccc5c4c4cc5c6ccccc6n6c7ccccc7c(c43)c56)nc3ncccc23)cc1. The van der Waals surface area contributed by atoms with Crippen molar-refractivity contribution < 1.29 is 0 Å². The summed E-state index contributed by atoms with van der Waals surface area (Å²) in [4.78, 5) is 15.3. The summed E-state index contributed by atoms with van der Waals surface area (Å²) in [5.41, 5.74) is 8.41. The molecule has 0 saturated heterocycles. The van der Waals surface area contributed by atoms with Crippen LogP contribution in [-0.4, -0.2) is 23.9 Å². The van der Waals surface area contributed by atoms with Crippen LogP contribution in [-0.2, 0) is 0 Å². The maximum atomic E-state index is 5.37. The first kappa shape index (κ1) is 24.0. The summed E-state index contributed by atoms with van der Waals surface area (Å²) in [6.07, 6.45) is 1.81. The van der Waals surface area contributed by atoms with Crippen LogP contribution in [0.2, 0.25) is 0 Å². The quantitative estimate of drug-likeness (QED) is 0.203. The molecule has 0 bridgehead atoms. The Balaban J connectivity index is 1.43. The summed E-state index contributed by atoms with van der Waals surface area (Å²) in [6, 6.07) is 47.4. The van der Waals surface area contributed by atoms with Crippen LogP contribution in [0, 0.1) is 0 Å². The second-order valence-electron chi connectivity index (χ2n) is 12.0. The molecule has 11 aromatic rings. The number of pyridine rings is 1. The zero-order chi connectivity index (χ0) is 29.9. The minimum absolute atomic E-state index is 0.614. The Morgan fingerprint density at radius 1 is 0.457 bits per heavy atom. The first-order valence-corrected chi connectivity index (χ1v) is 15.6. The maximum absolute atomic E-state index is 5.37. The van der Waals surface area contributed by atoms with Crippen LogP contribution in [0.4, 0.5) is 0 Å². The molecule has 0 fully saturated rings. The van der Waals surface area contributed by atoms with Gasteiger partial charge >= 0.3 is 0 Å². The van der Waals surface area contributed by atoms with Gasteiger partial charge in [0.15, 0.2) is 5.65 Å². The number of para-hydroxylation sites is 2. The summed E-state index contributed by atoms with van der Waals surface area (Å²) in [7, 11) is 0. The Bertz CT molecular complexity index is 3020.